The second kappa shape index (κ2) is 8.50. The molecule has 1 aromatic rings. The van der Waals surface area contributed by atoms with Gasteiger partial charge in [0.15, 0.2) is 0 Å². The van der Waals surface area contributed by atoms with Gasteiger partial charge < -0.3 is 10.1 Å². The van der Waals surface area contributed by atoms with Crippen LogP contribution < -0.4 is 5.32 Å². The lowest BCUT2D eigenvalue weighted by Crippen LogP contribution is -2.55. The average Bonchev–Trinajstić information content (AvgIpc) is 3.15. The number of esters is 1. The van der Waals surface area contributed by atoms with E-state index in [-0.39, 0.29) is 35.2 Å². The van der Waals surface area contributed by atoms with Gasteiger partial charge in [-0.3, -0.25) is 4.79 Å². The molecular weight excluding hydrogens is 500 g/mol. The number of amides is 1. The number of nitrogens with one attached hydrogen (secondary N) is 1. The summed E-state index contributed by atoms with van der Waals surface area (Å²) in [6, 6.07) is 1.11. The van der Waals surface area contributed by atoms with E-state index in [2.05, 4.69) is 12.2 Å². The SMILES string of the molecule is C[C@]12CC[C@H]3[C@@H](CCC4OC(=O)C=C[C@@]43C)[C@@H]1CC[C@@H]2C(=O)Nc1cc(C(F)(F)F)ccc1C(F)(F)F. The van der Waals surface area contributed by atoms with Crippen LogP contribution >= 0.6 is 0 Å². The monoisotopic (exact) mass is 529 g/mol. The van der Waals surface area contributed by atoms with E-state index in [4.69, 9.17) is 4.74 Å². The van der Waals surface area contributed by atoms with E-state index < -0.39 is 46.4 Å². The maximum atomic E-state index is 13.6. The topological polar surface area (TPSA) is 55.4 Å². The molecule has 7 atom stereocenters. The number of hydrogen-bond acceptors (Lipinski definition) is 3. The number of fused-ring (bicyclic) bond motifs is 5. The second-order valence-electron chi connectivity index (χ2n) is 11.5. The molecule has 10 heteroatoms. The van der Waals surface area contributed by atoms with Crippen molar-refractivity contribution in [1.29, 1.82) is 0 Å². The van der Waals surface area contributed by atoms with Crippen molar-refractivity contribution in [2.45, 2.75) is 70.8 Å². The Morgan fingerprint density at radius 2 is 1.70 bits per heavy atom. The van der Waals surface area contributed by atoms with E-state index in [1.54, 1.807) is 0 Å². The first-order valence-corrected chi connectivity index (χ1v) is 12.6. The lowest BCUT2D eigenvalue weighted by atomic mass is 9.48. The number of hydrogen-bond donors (Lipinski definition) is 1. The van der Waals surface area contributed by atoms with Crippen LogP contribution in [0.5, 0.6) is 0 Å². The Morgan fingerprint density at radius 1 is 0.973 bits per heavy atom. The molecule has 3 fully saturated rings. The summed E-state index contributed by atoms with van der Waals surface area (Å²) in [7, 11) is 0. The van der Waals surface area contributed by atoms with Crippen molar-refractivity contribution in [2.75, 3.05) is 5.32 Å². The zero-order chi connectivity index (χ0) is 27.0. The molecule has 1 aromatic carbocycles. The van der Waals surface area contributed by atoms with Crippen molar-refractivity contribution in [3.63, 3.8) is 0 Å². The Morgan fingerprint density at radius 3 is 2.38 bits per heavy atom. The minimum absolute atomic E-state index is 0.148. The van der Waals surface area contributed by atoms with Crippen molar-refractivity contribution >= 4 is 17.6 Å². The minimum Gasteiger partial charge on any atom is -0.458 e. The molecule has 0 radical (unpaired) electrons. The fourth-order valence-electron chi connectivity index (χ4n) is 7.92. The summed E-state index contributed by atoms with van der Waals surface area (Å²) in [6.07, 6.45) is -2.39. The van der Waals surface area contributed by atoms with Gasteiger partial charge in [-0.25, -0.2) is 4.79 Å². The van der Waals surface area contributed by atoms with Gasteiger partial charge in [0.1, 0.15) is 6.10 Å². The lowest BCUT2D eigenvalue weighted by Gasteiger charge is -2.58. The summed E-state index contributed by atoms with van der Waals surface area (Å²) in [5, 5.41) is 2.23. The highest BCUT2D eigenvalue weighted by atomic mass is 19.4. The molecule has 0 aromatic heterocycles. The number of ether oxygens (including phenoxy) is 1. The maximum absolute atomic E-state index is 13.6. The summed E-state index contributed by atoms with van der Waals surface area (Å²) in [6.45, 7) is 4.10. The highest BCUT2D eigenvalue weighted by molar-refractivity contribution is 5.94. The van der Waals surface area contributed by atoms with Gasteiger partial charge in [0.2, 0.25) is 5.91 Å². The third kappa shape index (κ3) is 4.24. The van der Waals surface area contributed by atoms with E-state index in [0.29, 0.717) is 43.9 Å². The number of benzene rings is 1. The first-order valence-electron chi connectivity index (χ1n) is 12.6. The summed E-state index contributed by atoms with van der Waals surface area (Å²) in [5.41, 5.74) is -4.21. The smallest absolute Gasteiger partial charge is 0.418 e. The molecular formula is C27H29F6NO3. The van der Waals surface area contributed by atoms with Crippen LogP contribution in [0.15, 0.2) is 30.4 Å². The summed E-state index contributed by atoms with van der Waals surface area (Å²) < 4.78 is 86.0. The molecule has 202 valence electrons. The summed E-state index contributed by atoms with van der Waals surface area (Å²) in [5.74, 6) is -0.963. The third-order valence-corrected chi connectivity index (χ3v) is 9.76. The van der Waals surface area contributed by atoms with Gasteiger partial charge in [0, 0.05) is 17.4 Å². The van der Waals surface area contributed by atoms with Crippen molar-refractivity contribution in [3.8, 4) is 0 Å². The normalized spacial score (nSPS) is 37.3. The van der Waals surface area contributed by atoms with Gasteiger partial charge in [-0.2, -0.15) is 26.3 Å². The molecule has 0 spiro atoms. The average molecular weight is 530 g/mol. The Kier molecular flexibility index (Phi) is 5.99. The van der Waals surface area contributed by atoms with Crippen LogP contribution in [0.1, 0.15) is 63.5 Å². The number of carbonyl (C=O) groups is 2. The van der Waals surface area contributed by atoms with E-state index in [0.717, 1.165) is 12.8 Å². The van der Waals surface area contributed by atoms with E-state index >= 15 is 0 Å². The molecule has 0 saturated heterocycles. The van der Waals surface area contributed by atoms with Crippen LogP contribution in [0.3, 0.4) is 0 Å². The van der Waals surface area contributed by atoms with Crippen LogP contribution in [-0.2, 0) is 26.7 Å². The maximum Gasteiger partial charge on any atom is 0.418 e. The number of carbonyl (C=O) groups excluding carboxylic acids is 2. The fourth-order valence-corrected chi connectivity index (χ4v) is 7.92. The lowest BCUT2D eigenvalue weighted by molar-refractivity contribution is -0.167. The molecule has 0 bridgehead atoms. The second-order valence-corrected chi connectivity index (χ2v) is 11.5. The Balaban J connectivity index is 1.40. The van der Waals surface area contributed by atoms with Crippen molar-refractivity contribution < 1.29 is 40.7 Å². The predicted molar refractivity (Wildman–Crippen MR) is 122 cm³/mol. The van der Waals surface area contributed by atoms with Gasteiger partial charge >= 0.3 is 18.3 Å². The van der Waals surface area contributed by atoms with Crippen LogP contribution in [0.4, 0.5) is 32.0 Å². The largest absolute Gasteiger partial charge is 0.458 e. The van der Waals surface area contributed by atoms with Crippen molar-refractivity contribution in [2.24, 2.45) is 34.5 Å². The quantitative estimate of drug-likeness (QED) is 0.332. The molecule has 4 aliphatic rings. The molecule has 1 aliphatic heterocycles. The number of alkyl halides is 6. The highest BCUT2D eigenvalue weighted by Crippen LogP contribution is 2.65. The van der Waals surface area contributed by atoms with Crippen LogP contribution in [-0.4, -0.2) is 18.0 Å². The van der Waals surface area contributed by atoms with Crippen LogP contribution in [0, 0.1) is 34.5 Å². The van der Waals surface area contributed by atoms with Crippen LogP contribution in [0.2, 0.25) is 0 Å². The van der Waals surface area contributed by atoms with Gasteiger partial charge in [0.25, 0.3) is 0 Å². The molecule has 1 heterocycles. The van der Waals surface area contributed by atoms with Crippen LogP contribution in [0.25, 0.3) is 0 Å². The molecule has 1 amide bonds. The van der Waals surface area contributed by atoms with Crippen molar-refractivity contribution in [3.05, 3.63) is 41.5 Å². The minimum atomic E-state index is -4.92. The van der Waals surface area contributed by atoms with Gasteiger partial charge in [-0.1, -0.05) is 19.9 Å². The molecule has 1 unspecified atom stereocenters. The molecule has 3 aliphatic carbocycles. The van der Waals surface area contributed by atoms with Crippen molar-refractivity contribution in [1.82, 2.24) is 0 Å². The Bertz CT molecular complexity index is 1140. The number of rotatable bonds is 2. The van der Waals surface area contributed by atoms with E-state index in [1.165, 1.54) is 6.08 Å². The molecule has 5 rings (SSSR count). The van der Waals surface area contributed by atoms with Gasteiger partial charge in [0.05, 0.1) is 16.8 Å². The molecule has 37 heavy (non-hydrogen) atoms. The van der Waals surface area contributed by atoms with E-state index in [1.807, 2.05) is 13.0 Å². The molecule has 4 nitrogen and oxygen atoms in total. The summed E-state index contributed by atoms with van der Waals surface area (Å²) in [4.78, 5) is 25.2. The van der Waals surface area contributed by atoms with Gasteiger partial charge in [-0.15, -0.1) is 0 Å². The Labute approximate surface area is 210 Å². The fraction of sp³-hybridized carbons (Fsp3) is 0.630. The third-order valence-electron chi connectivity index (χ3n) is 9.76. The first-order chi connectivity index (χ1) is 17.1. The molecule has 3 saturated carbocycles. The standard InChI is InChI=1S/C27H29F6NO3/c1-24-11-9-17-15(4-8-21-25(17,2)12-10-22(35)37-21)16(24)6-7-19(24)23(36)34-20-13-14(26(28,29)30)3-5-18(20)27(31,32)33/h3,5,10,12-13,15-17,19,21H,4,6-9,11H2,1-2H3,(H,34,36)/t15-,16-,17-,19+,21?,24-,25+/m0/s1. The zero-order valence-corrected chi connectivity index (χ0v) is 20.5. The summed E-state index contributed by atoms with van der Waals surface area (Å²) >= 11 is 0. The van der Waals surface area contributed by atoms with E-state index in [9.17, 15) is 35.9 Å². The number of anilines is 1. The first kappa shape index (κ1) is 26.1. The highest BCUT2D eigenvalue weighted by Gasteiger charge is 2.61. The predicted octanol–water partition coefficient (Wildman–Crippen LogP) is 7.00. The van der Waals surface area contributed by atoms with Gasteiger partial charge in [-0.05, 0) is 79.9 Å². The Hall–Kier alpha value is -2.52. The zero-order valence-electron chi connectivity index (χ0n) is 20.5. The molecule has 1 N–H and O–H groups in total. The number of halogens is 6.